The fraction of sp³-hybridized carbons (Fsp3) is 0.448. The number of hydrogen-bond acceptors (Lipinski definition) is 6. The Bertz CT molecular complexity index is 1420. The molecule has 2 aromatic heterocycles. The lowest BCUT2D eigenvalue weighted by Gasteiger charge is -2.30. The van der Waals surface area contributed by atoms with Crippen LogP contribution < -0.4 is 5.73 Å². The van der Waals surface area contributed by atoms with Crippen molar-refractivity contribution in [3.05, 3.63) is 59.1 Å². The van der Waals surface area contributed by atoms with Gasteiger partial charge in [0.05, 0.1) is 24.1 Å². The number of nitrogens with zero attached hydrogens (tertiary/aromatic N) is 4. The van der Waals surface area contributed by atoms with Crippen molar-refractivity contribution in [1.82, 2.24) is 19.4 Å². The zero-order valence-corrected chi connectivity index (χ0v) is 22.3. The number of carbonyl (C=O) groups is 2. The summed E-state index contributed by atoms with van der Waals surface area (Å²) in [7, 11) is 0. The lowest BCUT2D eigenvalue weighted by atomic mass is 9.88. The third-order valence-electron chi connectivity index (χ3n) is 7.96. The molecule has 0 aliphatic heterocycles. The van der Waals surface area contributed by atoms with E-state index < -0.39 is 24.2 Å². The largest absolute Gasteiger partial charge is 0.390 e. The van der Waals surface area contributed by atoms with E-state index in [2.05, 4.69) is 21.8 Å². The van der Waals surface area contributed by atoms with E-state index in [-0.39, 0.29) is 30.8 Å². The lowest BCUT2D eigenvalue weighted by molar-refractivity contribution is -0.137. The Balaban J connectivity index is 1.36. The summed E-state index contributed by atoms with van der Waals surface area (Å²) in [6, 6.07) is 8.12. The molecule has 5 rings (SSSR count). The second-order valence-electron chi connectivity index (χ2n) is 10.5. The molecule has 39 heavy (non-hydrogen) atoms. The van der Waals surface area contributed by atoms with E-state index in [4.69, 9.17) is 17.3 Å². The van der Waals surface area contributed by atoms with Gasteiger partial charge in [-0.05, 0) is 43.5 Å². The Morgan fingerprint density at radius 1 is 1.13 bits per heavy atom. The summed E-state index contributed by atoms with van der Waals surface area (Å²) in [6.45, 7) is 0.449. The summed E-state index contributed by atoms with van der Waals surface area (Å²) in [5.74, 6) is 5.20. The van der Waals surface area contributed by atoms with Crippen LogP contribution in [0, 0.1) is 23.7 Å². The van der Waals surface area contributed by atoms with Crippen LogP contribution in [-0.2, 0) is 4.79 Å². The third kappa shape index (κ3) is 5.78. The van der Waals surface area contributed by atoms with Crippen LogP contribution in [0.4, 0.5) is 0 Å². The van der Waals surface area contributed by atoms with Crippen LogP contribution >= 0.6 is 11.6 Å². The number of nitrogens with two attached hydrogens (primary N) is 1. The van der Waals surface area contributed by atoms with Crippen molar-refractivity contribution in [2.24, 2.45) is 17.6 Å². The van der Waals surface area contributed by atoms with Gasteiger partial charge in [0.2, 0.25) is 11.8 Å². The molecule has 2 amide bonds. The predicted molar refractivity (Wildman–Crippen MR) is 147 cm³/mol. The van der Waals surface area contributed by atoms with Gasteiger partial charge in [0.1, 0.15) is 23.2 Å². The SMILES string of the molecule is NC(=O)c1cccc(C#CCN(CC2C[C@@H](n3ccc4c(Cl)ncnc43)[C@H](O)[C@@H]2O)C(=O)C2CCCCC2)c1. The summed E-state index contributed by atoms with van der Waals surface area (Å²) >= 11 is 6.21. The summed E-state index contributed by atoms with van der Waals surface area (Å²) < 4.78 is 1.83. The molecule has 9 nitrogen and oxygen atoms in total. The number of amides is 2. The van der Waals surface area contributed by atoms with Gasteiger partial charge in [0.15, 0.2) is 0 Å². The molecule has 2 aliphatic rings. The molecule has 4 N–H and O–H groups in total. The van der Waals surface area contributed by atoms with Gasteiger partial charge >= 0.3 is 0 Å². The average molecular weight is 550 g/mol. The molecule has 2 fully saturated rings. The first-order chi connectivity index (χ1) is 18.8. The van der Waals surface area contributed by atoms with Gasteiger partial charge in [-0.15, -0.1) is 0 Å². The number of halogens is 1. The monoisotopic (exact) mass is 549 g/mol. The molecule has 0 bridgehead atoms. The summed E-state index contributed by atoms with van der Waals surface area (Å²) in [5, 5.41) is 23.0. The fourth-order valence-electron chi connectivity index (χ4n) is 5.87. The highest BCUT2D eigenvalue weighted by molar-refractivity contribution is 6.33. The molecular formula is C29H32ClN5O4. The minimum atomic E-state index is -1.03. The first kappa shape index (κ1) is 27.1. The fourth-order valence-corrected chi connectivity index (χ4v) is 6.07. The van der Waals surface area contributed by atoms with Crippen molar-refractivity contribution < 1.29 is 19.8 Å². The number of benzene rings is 1. The van der Waals surface area contributed by atoms with E-state index in [0.29, 0.717) is 33.7 Å². The van der Waals surface area contributed by atoms with E-state index in [9.17, 15) is 19.8 Å². The number of aliphatic hydroxyl groups is 2. The number of carbonyl (C=O) groups excluding carboxylic acids is 2. The van der Waals surface area contributed by atoms with Gasteiger partial charge in [-0.2, -0.15) is 0 Å². The summed E-state index contributed by atoms with van der Waals surface area (Å²) in [5.41, 5.74) is 6.97. The van der Waals surface area contributed by atoms with E-state index in [0.717, 1.165) is 32.1 Å². The average Bonchev–Trinajstić information content (AvgIpc) is 3.50. The first-order valence-corrected chi connectivity index (χ1v) is 13.7. The molecule has 2 aliphatic carbocycles. The van der Waals surface area contributed by atoms with Crippen molar-refractivity contribution in [3.8, 4) is 11.8 Å². The molecule has 2 saturated carbocycles. The Labute approximate surface area is 232 Å². The molecule has 0 spiro atoms. The normalized spacial score (nSPS) is 23.4. The number of hydrogen-bond donors (Lipinski definition) is 3. The van der Waals surface area contributed by atoms with Crippen LogP contribution in [0.15, 0.2) is 42.9 Å². The standard InChI is InChI=1S/C29H32ClN5O4/c30-26-22-11-13-35(28(22)33-17-32-26)23-15-21(24(36)25(23)37)16-34(29(39)19-8-2-1-3-9-19)12-5-7-18-6-4-10-20(14-18)27(31)38/h4,6,10-11,13-14,17,19,21,23-25,36-37H,1-3,8-9,12,15-16H2,(H2,31,38)/t21?,23-,24-,25+/m1/s1. The maximum absolute atomic E-state index is 13.6. The van der Waals surface area contributed by atoms with Crippen LogP contribution in [0.2, 0.25) is 5.15 Å². The van der Waals surface area contributed by atoms with Crippen molar-refractivity contribution in [3.63, 3.8) is 0 Å². The molecule has 2 heterocycles. The Hall–Kier alpha value is -3.45. The highest BCUT2D eigenvalue weighted by Gasteiger charge is 2.44. The molecule has 0 radical (unpaired) electrons. The third-order valence-corrected chi connectivity index (χ3v) is 8.26. The van der Waals surface area contributed by atoms with Crippen LogP contribution in [-0.4, -0.2) is 66.8 Å². The van der Waals surface area contributed by atoms with Gasteiger partial charge < -0.3 is 25.4 Å². The van der Waals surface area contributed by atoms with Crippen LogP contribution in [0.1, 0.15) is 60.5 Å². The maximum Gasteiger partial charge on any atom is 0.248 e. The van der Waals surface area contributed by atoms with Gasteiger partial charge in [0, 0.05) is 35.7 Å². The molecule has 0 saturated heterocycles. The second-order valence-corrected chi connectivity index (χ2v) is 10.8. The topological polar surface area (TPSA) is 135 Å². The minimum Gasteiger partial charge on any atom is -0.390 e. The Kier molecular flexibility index (Phi) is 8.17. The van der Waals surface area contributed by atoms with Crippen molar-refractivity contribution in [1.29, 1.82) is 0 Å². The van der Waals surface area contributed by atoms with Crippen molar-refractivity contribution in [2.75, 3.05) is 13.1 Å². The zero-order chi connectivity index (χ0) is 27.5. The summed E-state index contributed by atoms with van der Waals surface area (Å²) in [4.78, 5) is 35.2. The highest BCUT2D eigenvalue weighted by atomic mass is 35.5. The number of primary amides is 1. The number of rotatable bonds is 6. The van der Waals surface area contributed by atoms with E-state index in [1.165, 1.54) is 6.33 Å². The van der Waals surface area contributed by atoms with Gasteiger partial charge in [0.25, 0.3) is 0 Å². The van der Waals surface area contributed by atoms with E-state index in [1.807, 2.05) is 4.57 Å². The first-order valence-electron chi connectivity index (χ1n) is 13.3. The lowest BCUT2D eigenvalue weighted by Crippen LogP contribution is -2.42. The Morgan fingerprint density at radius 3 is 2.69 bits per heavy atom. The van der Waals surface area contributed by atoms with Crippen LogP contribution in [0.5, 0.6) is 0 Å². The Morgan fingerprint density at radius 2 is 1.92 bits per heavy atom. The molecule has 1 unspecified atom stereocenters. The molecule has 4 atom stereocenters. The molecule has 10 heteroatoms. The van der Waals surface area contributed by atoms with Gasteiger partial charge in [-0.1, -0.05) is 48.8 Å². The maximum atomic E-state index is 13.6. The van der Waals surface area contributed by atoms with Gasteiger partial charge in [-0.25, -0.2) is 9.97 Å². The van der Waals surface area contributed by atoms with Gasteiger partial charge in [-0.3, -0.25) is 9.59 Å². The molecule has 3 aromatic rings. The molecule has 204 valence electrons. The van der Waals surface area contributed by atoms with E-state index in [1.54, 1.807) is 41.4 Å². The molecule has 1 aromatic carbocycles. The molecular weight excluding hydrogens is 518 g/mol. The highest BCUT2D eigenvalue weighted by Crippen LogP contribution is 2.38. The van der Waals surface area contributed by atoms with E-state index >= 15 is 0 Å². The number of aliphatic hydroxyl groups excluding tert-OH is 2. The quantitative estimate of drug-likeness (QED) is 0.320. The number of aromatic nitrogens is 3. The van der Waals surface area contributed by atoms with Crippen LogP contribution in [0.3, 0.4) is 0 Å². The van der Waals surface area contributed by atoms with Crippen LogP contribution in [0.25, 0.3) is 11.0 Å². The number of fused-ring (bicyclic) bond motifs is 1. The summed E-state index contributed by atoms with van der Waals surface area (Å²) in [6.07, 6.45) is 6.44. The zero-order valence-electron chi connectivity index (χ0n) is 21.5. The second kappa shape index (κ2) is 11.7. The van der Waals surface area contributed by atoms with Crippen molar-refractivity contribution in [2.45, 2.75) is 56.8 Å². The smallest absolute Gasteiger partial charge is 0.248 e. The predicted octanol–water partition coefficient (Wildman–Crippen LogP) is 2.93. The van der Waals surface area contributed by atoms with Crippen molar-refractivity contribution >= 4 is 34.4 Å². The minimum absolute atomic E-state index is 0.0333.